The molecule has 2 aliphatic heterocycles. The molecule has 0 saturated heterocycles. The van der Waals surface area contributed by atoms with Gasteiger partial charge < -0.3 is 14.8 Å². The fourth-order valence-electron chi connectivity index (χ4n) is 2.95. The number of benzene rings is 2. The van der Waals surface area contributed by atoms with Gasteiger partial charge in [0.1, 0.15) is 0 Å². The van der Waals surface area contributed by atoms with Gasteiger partial charge in [0, 0.05) is 24.1 Å². The van der Waals surface area contributed by atoms with Crippen LogP contribution in [0.15, 0.2) is 36.4 Å². The van der Waals surface area contributed by atoms with Crippen molar-refractivity contribution in [2.75, 3.05) is 12.1 Å². The molecule has 0 fully saturated rings. The molecule has 2 heterocycles. The molecule has 2 aromatic rings. The summed E-state index contributed by atoms with van der Waals surface area (Å²) >= 11 is 0. The highest BCUT2D eigenvalue weighted by Gasteiger charge is 2.29. The van der Waals surface area contributed by atoms with Crippen molar-refractivity contribution in [2.24, 2.45) is 0 Å². The third kappa shape index (κ3) is 2.03. The Labute approximate surface area is 122 Å². The van der Waals surface area contributed by atoms with Gasteiger partial charge in [0.05, 0.1) is 0 Å². The maximum absolute atomic E-state index is 12.0. The van der Waals surface area contributed by atoms with Crippen LogP contribution >= 0.6 is 0 Å². The van der Waals surface area contributed by atoms with E-state index in [0.29, 0.717) is 12.2 Å². The summed E-state index contributed by atoms with van der Waals surface area (Å²) in [5.41, 5.74) is 4.27. The number of ether oxygens (including phenoxy) is 2. The summed E-state index contributed by atoms with van der Waals surface area (Å²) in [6, 6.07) is 12.2. The molecule has 0 aliphatic carbocycles. The number of carbonyl (C=O) groups excluding carboxylic acids is 1. The Morgan fingerprint density at radius 2 is 1.81 bits per heavy atom. The zero-order valence-electron chi connectivity index (χ0n) is 11.7. The number of carbonyl (C=O) groups is 1. The molecule has 0 bridgehead atoms. The first-order valence-corrected chi connectivity index (χ1v) is 7.00. The molecule has 0 saturated carbocycles. The van der Waals surface area contributed by atoms with Crippen LogP contribution in [0.25, 0.3) is 0 Å². The molecule has 0 radical (unpaired) electrons. The number of fused-ring (bicyclic) bond motifs is 2. The molecule has 1 N–H and O–H groups in total. The van der Waals surface area contributed by atoms with E-state index < -0.39 is 0 Å². The van der Waals surface area contributed by atoms with Crippen LogP contribution in [0.3, 0.4) is 0 Å². The second kappa shape index (κ2) is 4.52. The first-order chi connectivity index (χ1) is 10.2. The van der Waals surface area contributed by atoms with Crippen LogP contribution in [0.4, 0.5) is 5.69 Å². The average molecular weight is 281 g/mol. The molecular formula is C17H15NO3. The van der Waals surface area contributed by atoms with Gasteiger partial charge in [-0.15, -0.1) is 0 Å². The maximum Gasteiger partial charge on any atom is 0.231 e. The molecule has 0 unspecified atom stereocenters. The molecule has 4 nitrogen and oxygen atoms in total. The quantitative estimate of drug-likeness (QED) is 0.873. The van der Waals surface area contributed by atoms with E-state index in [-0.39, 0.29) is 18.6 Å². The molecule has 2 aromatic carbocycles. The molecule has 2 aliphatic rings. The van der Waals surface area contributed by atoms with E-state index in [1.807, 2.05) is 12.1 Å². The Balaban J connectivity index is 1.83. The van der Waals surface area contributed by atoms with Gasteiger partial charge in [-0.05, 0) is 24.1 Å². The number of hydrogen-bond donors (Lipinski definition) is 1. The Bertz CT molecular complexity index is 722. The van der Waals surface area contributed by atoms with Gasteiger partial charge in [0.2, 0.25) is 12.7 Å². The predicted octanol–water partition coefficient (Wildman–Crippen LogP) is 3.20. The summed E-state index contributed by atoms with van der Waals surface area (Å²) in [4.78, 5) is 12.0. The Hall–Kier alpha value is -2.49. The minimum atomic E-state index is 0.0342. The number of nitrogens with one attached hydrogen (secondary N) is 1. The highest BCUT2D eigenvalue weighted by molar-refractivity contribution is 5.96. The lowest BCUT2D eigenvalue weighted by atomic mass is 9.84. The monoisotopic (exact) mass is 281 g/mol. The molecular weight excluding hydrogens is 266 g/mol. The minimum absolute atomic E-state index is 0.0342. The van der Waals surface area contributed by atoms with Crippen molar-refractivity contribution in [2.45, 2.75) is 19.3 Å². The van der Waals surface area contributed by atoms with Crippen LogP contribution in [0, 0.1) is 6.92 Å². The molecule has 4 rings (SSSR count). The summed E-state index contributed by atoms with van der Waals surface area (Å²) < 4.78 is 10.8. The molecule has 21 heavy (non-hydrogen) atoms. The van der Waals surface area contributed by atoms with Crippen molar-refractivity contribution >= 4 is 11.6 Å². The summed E-state index contributed by atoms with van der Waals surface area (Å²) in [7, 11) is 0. The molecule has 106 valence electrons. The molecule has 1 atom stereocenters. The number of aryl methyl sites for hydroxylation is 1. The Morgan fingerprint density at radius 1 is 1.10 bits per heavy atom. The van der Waals surface area contributed by atoms with Gasteiger partial charge in [-0.3, -0.25) is 4.79 Å². The average Bonchev–Trinajstić information content (AvgIpc) is 2.92. The van der Waals surface area contributed by atoms with Gasteiger partial charge in [-0.2, -0.15) is 0 Å². The van der Waals surface area contributed by atoms with E-state index >= 15 is 0 Å². The van der Waals surface area contributed by atoms with E-state index in [1.165, 1.54) is 5.56 Å². The molecule has 1 amide bonds. The third-order valence-electron chi connectivity index (χ3n) is 4.06. The van der Waals surface area contributed by atoms with Crippen LogP contribution in [-0.2, 0) is 4.79 Å². The number of anilines is 1. The molecule has 0 aromatic heterocycles. The van der Waals surface area contributed by atoms with Gasteiger partial charge in [0.25, 0.3) is 0 Å². The highest BCUT2D eigenvalue weighted by atomic mass is 16.7. The van der Waals surface area contributed by atoms with Crippen molar-refractivity contribution < 1.29 is 14.3 Å². The zero-order valence-corrected chi connectivity index (χ0v) is 11.7. The van der Waals surface area contributed by atoms with Crippen LogP contribution in [0.1, 0.15) is 29.0 Å². The van der Waals surface area contributed by atoms with Gasteiger partial charge in [-0.25, -0.2) is 0 Å². The fraction of sp³-hybridized carbons (Fsp3) is 0.235. The van der Waals surface area contributed by atoms with Crippen molar-refractivity contribution in [3.63, 3.8) is 0 Å². The summed E-state index contributed by atoms with van der Waals surface area (Å²) in [5.74, 6) is 1.54. The lowest BCUT2D eigenvalue weighted by Crippen LogP contribution is -2.23. The van der Waals surface area contributed by atoms with Crippen LogP contribution < -0.4 is 14.8 Å². The fourth-order valence-corrected chi connectivity index (χ4v) is 2.95. The minimum Gasteiger partial charge on any atom is -0.454 e. The first-order valence-electron chi connectivity index (χ1n) is 7.00. The van der Waals surface area contributed by atoms with Crippen molar-refractivity contribution in [1.29, 1.82) is 0 Å². The van der Waals surface area contributed by atoms with Crippen LogP contribution in [0.5, 0.6) is 11.5 Å². The Morgan fingerprint density at radius 3 is 2.57 bits per heavy atom. The molecule has 4 heteroatoms. The second-order valence-electron chi connectivity index (χ2n) is 5.51. The van der Waals surface area contributed by atoms with E-state index in [4.69, 9.17) is 9.47 Å². The van der Waals surface area contributed by atoms with E-state index in [0.717, 1.165) is 22.6 Å². The van der Waals surface area contributed by atoms with E-state index in [9.17, 15) is 4.79 Å². The summed E-state index contributed by atoms with van der Waals surface area (Å²) in [6.45, 7) is 2.30. The van der Waals surface area contributed by atoms with Crippen LogP contribution in [-0.4, -0.2) is 12.7 Å². The Kier molecular flexibility index (Phi) is 2.64. The lowest BCUT2D eigenvalue weighted by molar-refractivity contribution is -0.116. The summed E-state index contributed by atoms with van der Waals surface area (Å²) in [5, 5.41) is 2.93. The van der Waals surface area contributed by atoms with E-state index in [1.54, 1.807) is 0 Å². The third-order valence-corrected chi connectivity index (χ3v) is 4.06. The van der Waals surface area contributed by atoms with Crippen molar-refractivity contribution in [3.8, 4) is 11.5 Å². The van der Waals surface area contributed by atoms with Gasteiger partial charge >= 0.3 is 0 Å². The largest absolute Gasteiger partial charge is 0.454 e. The summed E-state index contributed by atoms with van der Waals surface area (Å²) in [6.07, 6.45) is 0.454. The standard InChI is InChI=1S/C17H15NO3/c1-10-2-4-11(5-3-10)12-7-17(19)18-14-8-16-15(6-13(12)14)20-9-21-16/h2-6,8,12H,7,9H2,1H3,(H,18,19)/t12-/m0/s1. The normalized spacial score (nSPS) is 19.1. The smallest absolute Gasteiger partial charge is 0.231 e. The highest BCUT2D eigenvalue weighted by Crippen LogP contribution is 2.44. The van der Waals surface area contributed by atoms with Crippen LogP contribution in [0.2, 0.25) is 0 Å². The van der Waals surface area contributed by atoms with Crippen molar-refractivity contribution in [1.82, 2.24) is 0 Å². The first kappa shape index (κ1) is 12.3. The predicted molar refractivity (Wildman–Crippen MR) is 78.8 cm³/mol. The van der Waals surface area contributed by atoms with Gasteiger partial charge in [-0.1, -0.05) is 29.8 Å². The van der Waals surface area contributed by atoms with E-state index in [2.05, 4.69) is 36.5 Å². The number of amides is 1. The zero-order chi connectivity index (χ0) is 14.4. The SMILES string of the molecule is Cc1ccc([C@@H]2CC(=O)Nc3cc4c(cc32)OCO4)cc1. The number of rotatable bonds is 1. The van der Waals surface area contributed by atoms with Gasteiger partial charge in [0.15, 0.2) is 11.5 Å². The topological polar surface area (TPSA) is 47.6 Å². The van der Waals surface area contributed by atoms with Crippen molar-refractivity contribution in [3.05, 3.63) is 53.1 Å². The second-order valence-corrected chi connectivity index (χ2v) is 5.51. The number of hydrogen-bond acceptors (Lipinski definition) is 3. The molecule has 0 spiro atoms. The lowest BCUT2D eigenvalue weighted by Gasteiger charge is -2.26. The maximum atomic E-state index is 12.0.